The molecule has 1 aliphatic rings. The Kier molecular flexibility index (Phi) is 2.26. The van der Waals surface area contributed by atoms with Gasteiger partial charge in [0.2, 0.25) is 5.91 Å². The predicted molar refractivity (Wildman–Crippen MR) is 59.2 cm³/mol. The van der Waals surface area contributed by atoms with Gasteiger partial charge in [-0.25, -0.2) is 0 Å². The summed E-state index contributed by atoms with van der Waals surface area (Å²) in [5, 5.41) is 12.1. The van der Waals surface area contributed by atoms with Crippen LogP contribution in [0.2, 0.25) is 0 Å². The quantitative estimate of drug-likeness (QED) is 0.733. The van der Waals surface area contributed by atoms with E-state index in [1.54, 1.807) is 12.1 Å². The van der Waals surface area contributed by atoms with Crippen LogP contribution in [0.15, 0.2) is 18.2 Å². The number of phenols is 1. The van der Waals surface area contributed by atoms with Crippen LogP contribution in [0.5, 0.6) is 5.75 Å². The van der Waals surface area contributed by atoms with Crippen molar-refractivity contribution in [3.63, 3.8) is 0 Å². The van der Waals surface area contributed by atoms with Crippen molar-refractivity contribution < 1.29 is 9.90 Å². The van der Waals surface area contributed by atoms with Crippen LogP contribution in [0.4, 0.5) is 11.4 Å². The van der Waals surface area contributed by atoms with E-state index in [1.165, 1.54) is 0 Å². The van der Waals surface area contributed by atoms with E-state index in [-0.39, 0.29) is 17.7 Å². The van der Waals surface area contributed by atoms with Gasteiger partial charge in [0.15, 0.2) is 0 Å². The molecule has 0 fully saturated rings. The Balaban J connectivity index is 2.49. The standard InChI is InChI=1S/C11H14N2O2/c1-3-13-7(2)11(15)12-9-6-8(14)4-5-10(9)13/h4-7,14H,3H2,1-2H3,(H,12,15). The van der Waals surface area contributed by atoms with Crippen LogP contribution in [-0.2, 0) is 4.79 Å². The highest BCUT2D eigenvalue weighted by molar-refractivity contribution is 6.03. The zero-order valence-electron chi connectivity index (χ0n) is 8.82. The van der Waals surface area contributed by atoms with E-state index in [0.717, 1.165) is 12.2 Å². The molecule has 1 atom stereocenters. The molecule has 2 rings (SSSR count). The van der Waals surface area contributed by atoms with Crippen molar-refractivity contribution >= 4 is 17.3 Å². The first-order valence-electron chi connectivity index (χ1n) is 5.04. The van der Waals surface area contributed by atoms with Crippen LogP contribution in [-0.4, -0.2) is 23.6 Å². The molecule has 0 aromatic heterocycles. The lowest BCUT2D eigenvalue weighted by atomic mass is 10.1. The minimum atomic E-state index is -0.160. The van der Waals surface area contributed by atoms with Gasteiger partial charge in [-0.15, -0.1) is 0 Å². The second kappa shape index (κ2) is 3.46. The van der Waals surface area contributed by atoms with Gasteiger partial charge in [0.25, 0.3) is 0 Å². The summed E-state index contributed by atoms with van der Waals surface area (Å²) in [4.78, 5) is 13.6. The van der Waals surface area contributed by atoms with Gasteiger partial charge in [0.05, 0.1) is 11.4 Å². The third-order valence-electron chi connectivity index (χ3n) is 2.74. The fourth-order valence-corrected chi connectivity index (χ4v) is 1.91. The number of rotatable bonds is 1. The summed E-state index contributed by atoms with van der Waals surface area (Å²) in [6.07, 6.45) is 0. The molecule has 0 bridgehead atoms. The number of carbonyl (C=O) groups excluding carboxylic acids is 1. The first-order valence-corrected chi connectivity index (χ1v) is 5.04. The van der Waals surface area contributed by atoms with E-state index in [1.807, 2.05) is 24.8 Å². The van der Waals surface area contributed by atoms with E-state index in [4.69, 9.17) is 0 Å². The normalized spacial score (nSPS) is 19.7. The summed E-state index contributed by atoms with van der Waals surface area (Å²) in [7, 11) is 0. The van der Waals surface area contributed by atoms with Crippen LogP contribution in [0, 0.1) is 0 Å². The van der Waals surface area contributed by atoms with Gasteiger partial charge < -0.3 is 15.3 Å². The number of hydrogen-bond acceptors (Lipinski definition) is 3. The number of carbonyl (C=O) groups is 1. The highest BCUT2D eigenvalue weighted by Gasteiger charge is 2.28. The summed E-state index contributed by atoms with van der Waals surface area (Å²) in [6.45, 7) is 4.65. The lowest BCUT2D eigenvalue weighted by molar-refractivity contribution is -0.117. The maximum Gasteiger partial charge on any atom is 0.246 e. The highest BCUT2D eigenvalue weighted by Crippen LogP contribution is 2.34. The Morgan fingerprint density at radius 3 is 2.93 bits per heavy atom. The van der Waals surface area contributed by atoms with Crippen molar-refractivity contribution in [2.45, 2.75) is 19.9 Å². The average Bonchev–Trinajstić information content (AvgIpc) is 2.20. The van der Waals surface area contributed by atoms with Crippen molar-refractivity contribution in [3.05, 3.63) is 18.2 Å². The molecule has 80 valence electrons. The molecule has 0 radical (unpaired) electrons. The molecule has 1 aromatic rings. The number of aromatic hydroxyl groups is 1. The second-order valence-corrected chi connectivity index (χ2v) is 3.65. The molecule has 1 heterocycles. The van der Waals surface area contributed by atoms with E-state index in [2.05, 4.69) is 5.32 Å². The highest BCUT2D eigenvalue weighted by atomic mass is 16.3. The van der Waals surface area contributed by atoms with Crippen LogP contribution in [0.25, 0.3) is 0 Å². The second-order valence-electron chi connectivity index (χ2n) is 3.65. The summed E-state index contributed by atoms with van der Waals surface area (Å²) < 4.78 is 0. The van der Waals surface area contributed by atoms with E-state index < -0.39 is 0 Å². The fourth-order valence-electron chi connectivity index (χ4n) is 1.91. The van der Waals surface area contributed by atoms with Crippen molar-refractivity contribution in [1.29, 1.82) is 0 Å². The number of nitrogens with one attached hydrogen (secondary N) is 1. The van der Waals surface area contributed by atoms with Crippen LogP contribution >= 0.6 is 0 Å². The zero-order chi connectivity index (χ0) is 11.0. The summed E-state index contributed by atoms with van der Waals surface area (Å²) in [5.74, 6) is 0.134. The van der Waals surface area contributed by atoms with Gasteiger partial charge in [-0.1, -0.05) is 0 Å². The molecule has 4 heteroatoms. The Bertz CT molecular complexity index is 404. The molecule has 1 aliphatic heterocycles. The molecule has 1 amide bonds. The molecule has 15 heavy (non-hydrogen) atoms. The van der Waals surface area contributed by atoms with Crippen molar-refractivity contribution in [2.75, 3.05) is 16.8 Å². The molecule has 0 spiro atoms. The molecular weight excluding hydrogens is 192 g/mol. The minimum absolute atomic E-state index is 0.0325. The van der Waals surface area contributed by atoms with Gasteiger partial charge in [-0.3, -0.25) is 4.79 Å². The number of nitrogens with zero attached hydrogens (tertiary/aromatic N) is 1. The Labute approximate surface area is 88.5 Å². The smallest absolute Gasteiger partial charge is 0.246 e. The van der Waals surface area contributed by atoms with E-state index in [0.29, 0.717) is 5.69 Å². The van der Waals surface area contributed by atoms with E-state index in [9.17, 15) is 9.90 Å². The summed E-state index contributed by atoms with van der Waals surface area (Å²) in [5.41, 5.74) is 1.64. The van der Waals surface area contributed by atoms with Gasteiger partial charge in [-0.2, -0.15) is 0 Å². The van der Waals surface area contributed by atoms with Crippen LogP contribution in [0.1, 0.15) is 13.8 Å². The van der Waals surface area contributed by atoms with Crippen molar-refractivity contribution in [1.82, 2.24) is 0 Å². The average molecular weight is 206 g/mol. The number of hydrogen-bond donors (Lipinski definition) is 2. The monoisotopic (exact) mass is 206 g/mol. The number of fused-ring (bicyclic) bond motifs is 1. The minimum Gasteiger partial charge on any atom is -0.508 e. The largest absolute Gasteiger partial charge is 0.508 e. The maximum atomic E-state index is 11.6. The van der Waals surface area contributed by atoms with Crippen molar-refractivity contribution in [2.24, 2.45) is 0 Å². The Hall–Kier alpha value is -1.71. The van der Waals surface area contributed by atoms with Gasteiger partial charge >= 0.3 is 0 Å². The Morgan fingerprint density at radius 2 is 2.27 bits per heavy atom. The lowest BCUT2D eigenvalue weighted by Crippen LogP contribution is -2.46. The molecule has 4 nitrogen and oxygen atoms in total. The summed E-state index contributed by atoms with van der Waals surface area (Å²) >= 11 is 0. The number of amides is 1. The third-order valence-corrected chi connectivity index (χ3v) is 2.74. The molecule has 0 saturated carbocycles. The number of phenolic OH excluding ortho intramolecular Hbond substituents is 1. The van der Waals surface area contributed by atoms with Gasteiger partial charge in [0.1, 0.15) is 11.8 Å². The molecule has 1 aromatic carbocycles. The van der Waals surface area contributed by atoms with Gasteiger partial charge in [-0.05, 0) is 26.0 Å². The molecule has 2 N–H and O–H groups in total. The topological polar surface area (TPSA) is 52.6 Å². The van der Waals surface area contributed by atoms with Gasteiger partial charge in [0, 0.05) is 12.6 Å². The third kappa shape index (κ3) is 1.52. The molecule has 1 unspecified atom stereocenters. The Morgan fingerprint density at radius 1 is 1.53 bits per heavy atom. The lowest BCUT2D eigenvalue weighted by Gasteiger charge is -2.35. The number of likely N-dealkylation sites (N-methyl/N-ethyl adjacent to an activating group) is 1. The molecule has 0 saturated heterocycles. The van der Waals surface area contributed by atoms with Crippen LogP contribution in [0.3, 0.4) is 0 Å². The van der Waals surface area contributed by atoms with Crippen LogP contribution < -0.4 is 10.2 Å². The number of benzene rings is 1. The SMILES string of the molecule is CCN1c2ccc(O)cc2NC(=O)C1C. The fraction of sp³-hybridized carbons (Fsp3) is 0.364. The van der Waals surface area contributed by atoms with E-state index >= 15 is 0 Å². The maximum absolute atomic E-state index is 11.6. The first kappa shape index (κ1) is 9.83. The predicted octanol–water partition coefficient (Wildman–Crippen LogP) is 1.56. The first-order chi connectivity index (χ1) is 7.13. The zero-order valence-corrected chi connectivity index (χ0v) is 8.82. The molecular formula is C11H14N2O2. The summed E-state index contributed by atoms with van der Waals surface area (Å²) in [6, 6.07) is 4.87. The molecule has 0 aliphatic carbocycles. The van der Waals surface area contributed by atoms with Crippen molar-refractivity contribution in [3.8, 4) is 5.75 Å². The number of anilines is 2.